The number of benzene rings is 1. The van der Waals surface area contributed by atoms with Gasteiger partial charge in [0.2, 0.25) is 5.91 Å². The molecule has 1 aromatic carbocycles. The number of likely N-dealkylation sites (tertiary alicyclic amines) is 1. The van der Waals surface area contributed by atoms with Crippen LogP contribution in [0.4, 0.5) is 0 Å². The van der Waals surface area contributed by atoms with Gasteiger partial charge in [-0.3, -0.25) is 4.79 Å². The van der Waals surface area contributed by atoms with E-state index in [4.69, 9.17) is 9.72 Å². The second kappa shape index (κ2) is 8.07. The number of nitrogens with zero attached hydrogens (tertiary/aromatic N) is 3. The van der Waals surface area contributed by atoms with Gasteiger partial charge in [-0.1, -0.05) is 12.8 Å². The fraction of sp³-hybridized carbons (Fsp3) is 0.500. The number of rotatable bonds is 4. The predicted molar refractivity (Wildman–Crippen MR) is 105 cm³/mol. The Morgan fingerprint density at radius 1 is 1.07 bits per heavy atom. The molecule has 2 aromatic rings. The van der Waals surface area contributed by atoms with Gasteiger partial charge in [-0.15, -0.1) is 0 Å². The summed E-state index contributed by atoms with van der Waals surface area (Å²) in [5.74, 6) is 2.47. The Labute approximate surface area is 160 Å². The van der Waals surface area contributed by atoms with Crippen molar-refractivity contribution < 1.29 is 9.53 Å². The number of amides is 1. The summed E-state index contributed by atoms with van der Waals surface area (Å²) in [6.45, 7) is 1.68. The third kappa shape index (κ3) is 3.97. The maximum atomic E-state index is 12.8. The van der Waals surface area contributed by atoms with E-state index in [9.17, 15) is 4.79 Å². The van der Waals surface area contributed by atoms with Crippen LogP contribution >= 0.6 is 0 Å². The van der Waals surface area contributed by atoms with Crippen molar-refractivity contribution in [2.45, 2.75) is 44.4 Å². The molecule has 0 N–H and O–H groups in total. The zero-order valence-electron chi connectivity index (χ0n) is 15.9. The van der Waals surface area contributed by atoms with E-state index in [1.165, 1.54) is 12.8 Å². The molecule has 1 atom stereocenters. The maximum absolute atomic E-state index is 12.8. The summed E-state index contributed by atoms with van der Waals surface area (Å²) in [6.07, 6.45) is 8.48. The molecule has 1 aliphatic carbocycles. The van der Waals surface area contributed by atoms with Crippen LogP contribution in [0.1, 0.15) is 50.1 Å². The molecule has 2 heterocycles. The lowest BCUT2D eigenvalue weighted by Crippen LogP contribution is -2.42. The second-order valence-corrected chi connectivity index (χ2v) is 7.64. The molecule has 1 amide bonds. The third-order valence-corrected chi connectivity index (χ3v) is 5.88. The van der Waals surface area contributed by atoms with Gasteiger partial charge in [0, 0.05) is 42.4 Å². The molecule has 4 rings (SSSR count). The number of aromatic nitrogens is 2. The zero-order valence-corrected chi connectivity index (χ0v) is 15.9. The van der Waals surface area contributed by atoms with Crippen molar-refractivity contribution in [2.24, 2.45) is 5.92 Å². The normalized spacial score (nSPS) is 20.6. The van der Waals surface area contributed by atoms with Crippen LogP contribution in [0, 0.1) is 5.92 Å². The van der Waals surface area contributed by atoms with E-state index >= 15 is 0 Å². The first-order valence-corrected chi connectivity index (χ1v) is 10.0. The van der Waals surface area contributed by atoms with Crippen molar-refractivity contribution in [3.8, 4) is 17.1 Å². The highest BCUT2D eigenvalue weighted by Gasteiger charge is 2.31. The van der Waals surface area contributed by atoms with Crippen molar-refractivity contribution >= 4 is 5.91 Å². The molecule has 1 unspecified atom stereocenters. The van der Waals surface area contributed by atoms with E-state index < -0.39 is 0 Å². The van der Waals surface area contributed by atoms with E-state index in [1.807, 2.05) is 36.5 Å². The van der Waals surface area contributed by atoms with Crippen LogP contribution in [0.25, 0.3) is 11.4 Å². The summed E-state index contributed by atoms with van der Waals surface area (Å²) in [6, 6.07) is 9.81. The molecular weight excluding hydrogens is 338 g/mol. The molecule has 0 radical (unpaired) electrons. The van der Waals surface area contributed by atoms with Gasteiger partial charge in [-0.25, -0.2) is 9.97 Å². The first kappa shape index (κ1) is 18.0. The number of ether oxygens (including phenoxy) is 1. The van der Waals surface area contributed by atoms with E-state index in [-0.39, 0.29) is 5.92 Å². The van der Waals surface area contributed by atoms with Gasteiger partial charge in [0.15, 0.2) is 5.82 Å². The molecule has 0 spiro atoms. The summed E-state index contributed by atoms with van der Waals surface area (Å²) in [5, 5.41) is 0. The lowest BCUT2D eigenvalue weighted by molar-refractivity contribution is -0.136. The zero-order chi connectivity index (χ0) is 18.6. The maximum Gasteiger partial charge on any atom is 0.225 e. The molecule has 1 aliphatic heterocycles. The van der Waals surface area contributed by atoms with Gasteiger partial charge >= 0.3 is 0 Å². The number of carbonyl (C=O) groups is 1. The summed E-state index contributed by atoms with van der Waals surface area (Å²) in [5.41, 5.74) is 2.02. The average Bonchev–Trinajstić information content (AvgIpc) is 3.28. The van der Waals surface area contributed by atoms with E-state index in [2.05, 4.69) is 9.88 Å². The summed E-state index contributed by atoms with van der Waals surface area (Å²) >= 11 is 0. The monoisotopic (exact) mass is 365 g/mol. The van der Waals surface area contributed by atoms with Gasteiger partial charge in [-0.05, 0) is 56.0 Å². The fourth-order valence-corrected chi connectivity index (χ4v) is 4.33. The quantitative estimate of drug-likeness (QED) is 0.820. The molecule has 5 nitrogen and oxygen atoms in total. The molecule has 1 saturated carbocycles. The molecule has 5 heteroatoms. The largest absolute Gasteiger partial charge is 0.497 e. The van der Waals surface area contributed by atoms with Gasteiger partial charge in [-0.2, -0.15) is 0 Å². The van der Waals surface area contributed by atoms with Crippen LogP contribution in [0.3, 0.4) is 0 Å². The second-order valence-electron chi connectivity index (χ2n) is 7.64. The van der Waals surface area contributed by atoms with Gasteiger partial charge in [0.1, 0.15) is 5.75 Å². The summed E-state index contributed by atoms with van der Waals surface area (Å²) in [4.78, 5) is 24.2. The van der Waals surface area contributed by atoms with Crippen LogP contribution in [0.5, 0.6) is 5.75 Å². The Morgan fingerprint density at radius 3 is 2.59 bits per heavy atom. The summed E-state index contributed by atoms with van der Waals surface area (Å²) < 4.78 is 5.22. The highest BCUT2D eigenvalue weighted by molar-refractivity contribution is 5.79. The molecule has 2 aliphatic rings. The molecule has 27 heavy (non-hydrogen) atoms. The molecule has 142 valence electrons. The van der Waals surface area contributed by atoms with E-state index in [1.54, 1.807) is 7.11 Å². The minimum absolute atomic E-state index is 0.254. The molecule has 0 bridgehead atoms. The Morgan fingerprint density at radius 2 is 1.85 bits per heavy atom. The van der Waals surface area contributed by atoms with Crippen molar-refractivity contribution in [3.05, 3.63) is 42.2 Å². The van der Waals surface area contributed by atoms with Crippen molar-refractivity contribution in [3.63, 3.8) is 0 Å². The minimum Gasteiger partial charge on any atom is -0.497 e. The van der Waals surface area contributed by atoms with Gasteiger partial charge in [0.05, 0.1) is 7.11 Å². The topological polar surface area (TPSA) is 55.3 Å². The number of carbonyl (C=O) groups excluding carboxylic acids is 1. The van der Waals surface area contributed by atoms with Crippen molar-refractivity contribution in [2.75, 3.05) is 20.2 Å². The highest BCUT2D eigenvalue weighted by Crippen LogP contribution is 2.31. The van der Waals surface area contributed by atoms with Crippen molar-refractivity contribution in [1.82, 2.24) is 14.9 Å². The number of hydrogen-bond acceptors (Lipinski definition) is 4. The van der Waals surface area contributed by atoms with Gasteiger partial charge < -0.3 is 9.64 Å². The Kier molecular flexibility index (Phi) is 5.37. The minimum atomic E-state index is 0.254. The highest BCUT2D eigenvalue weighted by atomic mass is 16.5. The number of methoxy groups -OCH3 is 1. The van der Waals surface area contributed by atoms with Crippen LogP contribution in [-0.4, -0.2) is 41.0 Å². The standard InChI is InChI=1S/C22H27N3O2/c1-27-19-10-8-16(9-11-19)21-23-13-12-20(24-21)18-7-4-14-25(15-18)22(26)17-5-2-3-6-17/h8-13,17-18H,2-7,14-15H2,1H3. The summed E-state index contributed by atoms with van der Waals surface area (Å²) in [7, 11) is 1.66. The van der Waals surface area contributed by atoms with Crippen LogP contribution in [0.15, 0.2) is 36.5 Å². The van der Waals surface area contributed by atoms with E-state index in [0.29, 0.717) is 11.8 Å². The average molecular weight is 365 g/mol. The first-order valence-electron chi connectivity index (χ1n) is 10.0. The smallest absolute Gasteiger partial charge is 0.225 e. The molecule has 1 aromatic heterocycles. The third-order valence-electron chi connectivity index (χ3n) is 5.88. The number of hydrogen-bond donors (Lipinski definition) is 0. The SMILES string of the molecule is COc1ccc(-c2nccc(C3CCCN(C(=O)C4CCCC4)C3)n2)cc1. The predicted octanol–water partition coefficient (Wildman–Crippen LogP) is 4.05. The molecular formula is C22H27N3O2. The van der Waals surface area contributed by atoms with Crippen molar-refractivity contribution in [1.29, 1.82) is 0 Å². The number of piperidine rings is 1. The van der Waals surface area contributed by atoms with Gasteiger partial charge in [0.25, 0.3) is 0 Å². The lowest BCUT2D eigenvalue weighted by Gasteiger charge is -2.34. The van der Waals surface area contributed by atoms with Crippen LogP contribution < -0.4 is 4.74 Å². The molecule has 1 saturated heterocycles. The van der Waals surface area contributed by atoms with Crippen LogP contribution in [0.2, 0.25) is 0 Å². The fourth-order valence-electron chi connectivity index (χ4n) is 4.33. The Bertz CT molecular complexity index is 784. The Hall–Kier alpha value is -2.43. The first-order chi connectivity index (χ1) is 13.2. The van der Waals surface area contributed by atoms with Crippen LogP contribution in [-0.2, 0) is 4.79 Å². The van der Waals surface area contributed by atoms with E-state index in [0.717, 1.165) is 61.6 Å². The Balaban J connectivity index is 1.49. The lowest BCUT2D eigenvalue weighted by atomic mass is 9.93. The molecule has 2 fully saturated rings.